The predicted molar refractivity (Wildman–Crippen MR) is 70.6 cm³/mol. The van der Waals surface area contributed by atoms with Gasteiger partial charge in [0, 0.05) is 23.9 Å². The highest BCUT2D eigenvalue weighted by Crippen LogP contribution is 2.26. The van der Waals surface area contributed by atoms with Gasteiger partial charge in [0.1, 0.15) is 12.1 Å². The molecule has 0 atom stereocenters. The summed E-state index contributed by atoms with van der Waals surface area (Å²) in [6.07, 6.45) is 3.70. The van der Waals surface area contributed by atoms with E-state index in [1.54, 1.807) is 6.33 Å². The minimum Gasteiger partial charge on any atom is -0.356 e. The molecule has 1 aliphatic heterocycles. The summed E-state index contributed by atoms with van der Waals surface area (Å²) >= 11 is 6.13. The lowest BCUT2D eigenvalue weighted by molar-refractivity contribution is 0.581. The molecule has 2 aromatic rings. The maximum absolute atomic E-state index is 6.13. The van der Waals surface area contributed by atoms with Crippen LogP contribution in [0.3, 0.4) is 0 Å². The van der Waals surface area contributed by atoms with Crippen LogP contribution in [0, 0.1) is 0 Å². The van der Waals surface area contributed by atoms with E-state index in [9.17, 15) is 0 Å². The van der Waals surface area contributed by atoms with Gasteiger partial charge in [0.05, 0.1) is 5.52 Å². The number of hydrogen-bond acceptors (Lipinski definition) is 3. The van der Waals surface area contributed by atoms with E-state index in [1.807, 2.05) is 18.2 Å². The molecule has 17 heavy (non-hydrogen) atoms. The molecule has 1 fully saturated rings. The molecular weight excluding hydrogens is 234 g/mol. The zero-order valence-electron chi connectivity index (χ0n) is 9.51. The van der Waals surface area contributed by atoms with Crippen molar-refractivity contribution >= 4 is 28.3 Å². The first-order valence-corrected chi connectivity index (χ1v) is 6.37. The highest BCUT2D eigenvalue weighted by atomic mass is 35.5. The van der Waals surface area contributed by atoms with Crippen LogP contribution in [-0.4, -0.2) is 28.4 Å². The van der Waals surface area contributed by atoms with Gasteiger partial charge in [-0.3, -0.25) is 0 Å². The van der Waals surface area contributed by atoms with Crippen LogP contribution in [0.5, 0.6) is 0 Å². The Hall–Kier alpha value is -1.35. The number of aromatic nitrogens is 2. The van der Waals surface area contributed by atoms with Crippen LogP contribution in [0.1, 0.15) is 12.8 Å². The summed E-state index contributed by atoms with van der Waals surface area (Å²) in [7, 11) is 0. The second-order valence-electron chi connectivity index (χ2n) is 4.38. The Kier molecular flexibility index (Phi) is 2.85. The molecule has 0 unspecified atom stereocenters. The van der Waals surface area contributed by atoms with Gasteiger partial charge >= 0.3 is 0 Å². The van der Waals surface area contributed by atoms with Crippen molar-refractivity contribution in [2.45, 2.75) is 18.2 Å². The Bertz CT molecular complexity index is 516. The van der Waals surface area contributed by atoms with Gasteiger partial charge in [-0.25, -0.2) is 9.97 Å². The number of anilines is 1. The van der Waals surface area contributed by atoms with Crippen molar-refractivity contribution in [2.24, 2.45) is 0 Å². The zero-order chi connectivity index (χ0) is 11.7. The lowest BCUT2D eigenvalue weighted by atomic mass is 10.1. The molecule has 1 aromatic carbocycles. The van der Waals surface area contributed by atoms with Crippen LogP contribution in [0.15, 0.2) is 30.6 Å². The molecule has 0 saturated carbocycles. The van der Waals surface area contributed by atoms with Crippen LogP contribution in [0.2, 0.25) is 0 Å². The van der Waals surface area contributed by atoms with Gasteiger partial charge in [-0.1, -0.05) is 12.1 Å². The summed E-state index contributed by atoms with van der Waals surface area (Å²) < 4.78 is 0. The fraction of sp³-hybridized carbons (Fsp3) is 0.385. The topological polar surface area (TPSA) is 29.0 Å². The third-order valence-corrected chi connectivity index (χ3v) is 3.68. The normalized spacial score (nSPS) is 17.6. The fourth-order valence-electron chi connectivity index (χ4n) is 2.30. The molecular formula is C13H14ClN3. The van der Waals surface area contributed by atoms with Gasteiger partial charge in [0.25, 0.3) is 0 Å². The van der Waals surface area contributed by atoms with Crippen molar-refractivity contribution in [3.8, 4) is 0 Å². The number of rotatable bonds is 1. The van der Waals surface area contributed by atoms with Crippen LogP contribution in [0.25, 0.3) is 10.9 Å². The SMILES string of the molecule is ClC1CCN(c2ncnc3ccccc23)CC1. The average Bonchev–Trinajstić information content (AvgIpc) is 2.39. The molecule has 1 aliphatic rings. The van der Waals surface area contributed by atoms with Gasteiger partial charge in [0.15, 0.2) is 0 Å². The number of fused-ring (bicyclic) bond motifs is 1. The van der Waals surface area contributed by atoms with Gasteiger partial charge in [-0.15, -0.1) is 11.6 Å². The summed E-state index contributed by atoms with van der Waals surface area (Å²) in [5.41, 5.74) is 1.01. The molecule has 4 heteroatoms. The lowest BCUT2D eigenvalue weighted by Crippen LogP contribution is -2.34. The molecule has 0 amide bonds. The Morgan fingerprint density at radius 1 is 1.12 bits per heavy atom. The first kappa shape index (κ1) is 10.8. The summed E-state index contributed by atoms with van der Waals surface area (Å²) in [4.78, 5) is 11.0. The van der Waals surface area contributed by atoms with Crippen LogP contribution in [-0.2, 0) is 0 Å². The fourth-order valence-corrected chi connectivity index (χ4v) is 2.50. The molecule has 1 aromatic heterocycles. The van der Waals surface area contributed by atoms with Crippen LogP contribution in [0.4, 0.5) is 5.82 Å². The van der Waals surface area contributed by atoms with Crippen molar-refractivity contribution in [2.75, 3.05) is 18.0 Å². The maximum Gasteiger partial charge on any atom is 0.139 e. The highest BCUT2D eigenvalue weighted by molar-refractivity contribution is 6.20. The van der Waals surface area contributed by atoms with Crippen LogP contribution < -0.4 is 4.90 Å². The monoisotopic (exact) mass is 247 g/mol. The molecule has 0 spiro atoms. The number of alkyl halides is 1. The van der Waals surface area contributed by atoms with Gasteiger partial charge in [0.2, 0.25) is 0 Å². The Morgan fingerprint density at radius 2 is 1.88 bits per heavy atom. The van der Waals surface area contributed by atoms with Crippen molar-refractivity contribution in [3.05, 3.63) is 30.6 Å². The second-order valence-corrected chi connectivity index (χ2v) is 4.99. The first-order valence-electron chi connectivity index (χ1n) is 5.93. The van der Waals surface area contributed by atoms with E-state index < -0.39 is 0 Å². The van der Waals surface area contributed by atoms with E-state index >= 15 is 0 Å². The van der Waals surface area contributed by atoms with E-state index in [0.717, 1.165) is 42.7 Å². The molecule has 3 rings (SSSR count). The third kappa shape index (κ3) is 2.07. The number of hydrogen-bond donors (Lipinski definition) is 0. The molecule has 0 radical (unpaired) electrons. The average molecular weight is 248 g/mol. The number of benzene rings is 1. The van der Waals surface area contributed by atoms with E-state index in [-0.39, 0.29) is 0 Å². The number of para-hydroxylation sites is 1. The summed E-state index contributed by atoms with van der Waals surface area (Å²) in [6.45, 7) is 1.96. The predicted octanol–water partition coefficient (Wildman–Crippen LogP) is 2.84. The van der Waals surface area contributed by atoms with E-state index in [0.29, 0.717) is 5.38 Å². The van der Waals surface area contributed by atoms with Crippen LogP contribution >= 0.6 is 11.6 Å². The summed E-state index contributed by atoms with van der Waals surface area (Å²) in [5.74, 6) is 1.04. The minimum absolute atomic E-state index is 0.319. The standard InChI is InChI=1S/C13H14ClN3/c14-10-5-7-17(8-6-10)13-11-3-1-2-4-12(11)15-9-16-13/h1-4,9-10H,5-8H2. The van der Waals surface area contributed by atoms with E-state index in [4.69, 9.17) is 11.6 Å². The number of halogens is 1. The van der Waals surface area contributed by atoms with E-state index in [1.165, 1.54) is 0 Å². The molecule has 3 nitrogen and oxygen atoms in total. The van der Waals surface area contributed by atoms with Gasteiger partial charge in [-0.2, -0.15) is 0 Å². The summed E-state index contributed by atoms with van der Waals surface area (Å²) in [5, 5.41) is 1.45. The lowest BCUT2D eigenvalue weighted by Gasteiger charge is -2.30. The maximum atomic E-state index is 6.13. The molecule has 0 bridgehead atoms. The molecule has 88 valence electrons. The Morgan fingerprint density at radius 3 is 2.71 bits per heavy atom. The first-order chi connectivity index (χ1) is 8.34. The number of piperidine rings is 1. The third-order valence-electron chi connectivity index (χ3n) is 3.25. The number of nitrogens with zero attached hydrogens (tertiary/aromatic N) is 3. The highest BCUT2D eigenvalue weighted by Gasteiger charge is 2.19. The smallest absolute Gasteiger partial charge is 0.139 e. The van der Waals surface area contributed by atoms with Crippen molar-refractivity contribution in [1.29, 1.82) is 0 Å². The molecule has 0 N–H and O–H groups in total. The largest absolute Gasteiger partial charge is 0.356 e. The van der Waals surface area contributed by atoms with Gasteiger partial charge in [-0.05, 0) is 25.0 Å². The molecule has 2 heterocycles. The zero-order valence-corrected chi connectivity index (χ0v) is 10.3. The Balaban J connectivity index is 2.00. The van der Waals surface area contributed by atoms with Crippen molar-refractivity contribution in [1.82, 2.24) is 9.97 Å². The minimum atomic E-state index is 0.319. The van der Waals surface area contributed by atoms with Crippen molar-refractivity contribution in [3.63, 3.8) is 0 Å². The van der Waals surface area contributed by atoms with Crippen molar-refractivity contribution < 1.29 is 0 Å². The molecule has 0 aliphatic carbocycles. The van der Waals surface area contributed by atoms with Gasteiger partial charge < -0.3 is 4.90 Å². The summed E-state index contributed by atoms with van der Waals surface area (Å²) in [6, 6.07) is 8.14. The quantitative estimate of drug-likeness (QED) is 0.726. The molecule has 1 saturated heterocycles. The Labute approximate surface area is 105 Å². The second kappa shape index (κ2) is 4.49. The van der Waals surface area contributed by atoms with E-state index in [2.05, 4.69) is 20.9 Å².